The molecule has 0 radical (unpaired) electrons. The van der Waals surface area contributed by atoms with E-state index in [0.717, 1.165) is 16.4 Å². The number of hydrogen-bond donors (Lipinski definition) is 0. The predicted molar refractivity (Wildman–Crippen MR) is 121 cm³/mol. The van der Waals surface area contributed by atoms with Crippen LogP contribution in [0.15, 0.2) is 42.5 Å². The summed E-state index contributed by atoms with van der Waals surface area (Å²) in [5, 5.41) is 13.6. The maximum Gasteiger partial charge on any atom is 0.273 e. The molecule has 2 aromatic rings. The van der Waals surface area contributed by atoms with Crippen LogP contribution in [0.2, 0.25) is 10.0 Å². The smallest absolute Gasteiger partial charge is 0.272 e. The molecule has 4 rings (SSSR count). The summed E-state index contributed by atoms with van der Waals surface area (Å²) in [6, 6.07) is 9.83. The van der Waals surface area contributed by atoms with Crippen molar-refractivity contribution >= 4 is 46.6 Å². The van der Waals surface area contributed by atoms with Crippen molar-refractivity contribution in [3.05, 3.63) is 73.8 Å². The number of carbonyl (C=O) groups is 3. The first-order valence-electron chi connectivity index (χ1n) is 10.6. The molecule has 0 unspecified atom stereocenters. The summed E-state index contributed by atoms with van der Waals surface area (Å²) in [5.41, 5.74) is 0.518. The maximum atomic E-state index is 13.5. The standard InChI is InChI=1S/C23H21Cl2N3O5/c1-13-2-8-17-18(10-13)23(31)27(22(17)30)26(12-14-3-9-19(24)20(25)11-14)21(29)15-4-6-16(7-5-15)28(32)33/h3-7,9,11,13,17-18H,2,8,10,12H2,1H3/t13-,17+,18+/m1/s1. The molecule has 0 aromatic heterocycles. The van der Waals surface area contributed by atoms with Crippen LogP contribution in [0.25, 0.3) is 0 Å². The first kappa shape index (κ1) is 23.2. The minimum absolute atomic E-state index is 0.0980. The highest BCUT2D eigenvalue weighted by Gasteiger charge is 2.52. The highest BCUT2D eigenvalue weighted by molar-refractivity contribution is 6.42. The molecule has 172 valence electrons. The third-order valence-corrected chi connectivity index (χ3v) is 7.02. The molecule has 2 aromatic carbocycles. The Kier molecular flexibility index (Phi) is 6.41. The van der Waals surface area contributed by atoms with Gasteiger partial charge in [-0.25, -0.2) is 5.01 Å². The minimum atomic E-state index is -0.621. The molecule has 33 heavy (non-hydrogen) atoms. The fourth-order valence-corrected chi connectivity index (χ4v) is 4.85. The zero-order valence-corrected chi connectivity index (χ0v) is 19.3. The van der Waals surface area contributed by atoms with Crippen LogP contribution >= 0.6 is 23.2 Å². The normalized spacial score (nSPS) is 22.3. The van der Waals surface area contributed by atoms with Crippen molar-refractivity contribution in [2.75, 3.05) is 0 Å². The molecule has 8 nitrogen and oxygen atoms in total. The van der Waals surface area contributed by atoms with E-state index >= 15 is 0 Å². The van der Waals surface area contributed by atoms with Crippen molar-refractivity contribution < 1.29 is 19.3 Å². The number of hydrogen-bond acceptors (Lipinski definition) is 5. The molecule has 0 bridgehead atoms. The van der Waals surface area contributed by atoms with E-state index in [9.17, 15) is 24.5 Å². The van der Waals surface area contributed by atoms with Crippen LogP contribution in [-0.4, -0.2) is 32.7 Å². The lowest BCUT2D eigenvalue weighted by atomic mass is 9.76. The molecular weight excluding hydrogens is 469 g/mol. The van der Waals surface area contributed by atoms with E-state index < -0.39 is 34.5 Å². The number of nitro groups is 1. The summed E-state index contributed by atoms with van der Waals surface area (Å²) < 4.78 is 0. The first-order chi connectivity index (χ1) is 15.7. The van der Waals surface area contributed by atoms with E-state index in [1.165, 1.54) is 24.3 Å². The summed E-state index contributed by atoms with van der Waals surface area (Å²) in [5.74, 6) is -2.00. The third-order valence-electron chi connectivity index (χ3n) is 6.28. The highest BCUT2D eigenvalue weighted by Crippen LogP contribution is 2.41. The molecule has 0 spiro atoms. The first-order valence-corrected chi connectivity index (χ1v) is 11.3. The van der Waals surface area contributed by atoms with Crippen LogP contribution in [0.1, 0.15) is 42.1 Å². The number of nitrogens with zero attached hydrogens (tertiary/aromatic N) is 3. The van der Waals surface area contributed by atoms with E-state index in [1.54, 1.807) is 18.2 Å². The molecule has 3 atom stereocenters. The quantitative estimate of drug-likeness (QED) is 0.338. The topological polar surface area (TPSA) is 101 Å². The fraction of sp³-hybridized carbons (Fsp3) is 0.348. The van der Waals surface area contributed by atoms with E-state index in [1.807, 2.05) is 6.92 Å². The Labute approximate surface area is 200 Å². The molecule has 10 heteroatoms. The predicted octanol–water partition coefficient (Wildman–Crippen LogP) is 4.88. The average molecular weight is 490 g/mol. The van der Waals surface area contributed by atoms with Gasteiger partial charge in [-0.3, -0.25) is 24.5 Å². The van der Waals surface area contributed by atoms with Gasteiger partial charge in [-0.05, 0) is 55.0 Å². The van der Waals surface area contributed by atoms with Crippen molar-refractivity contribution in [3.63, 3.8) is 0 Å². The number of imide groups is 1. The van der Waals surface area contributed by atoms with Crippen molar-refractivity contribution in [1.29, 1.82) is 0 Å². The number of fused-ring (bicyclic) bond motifs is 1. The largest absolute Gasteiger partial charge is 0.273 e. The van der Waals surface area contributed by atoms with E-state index in [2.05, 4.69) is 0 Å². The van der Waals surface area contributed by atoms with Crippen molar-refractivity contribution in [2.45, 2.75) is 32.7 Å². The van der Waals surface area contributed by atoms with Crippen LogP contribution in [0.3, 0.4) is 0 Å². The molecule has 1 aliphatic heterocycles. The van der Waals surface area contributed by atoms with Gasteiger partial charge in [-0.15, -0.1) is 0 Å². The second kappa shape index (κ2) is 9.11. The Morgan fingerprint density at radius 2 is 1.73 bits per heavy atom. The molecular formula is C23H21Cl2N3O5. The zero-order chi connectivity index (χ0) is 23.9. The number of rotatable bonds is 5. The van der Waals surface area contributed by atoms with Gasteiger partial charge in [0, 0.05) is 17.7 Å². The zero-order valence-electron chi connectivity index (χ0n) is 17.7. The van der Waals surface area contributed by atoms with Gasteiger partial charge < -0.3 is 0 Å². The summed E-state index contributed by atoms with van der Waals surface area (Å²) in [4.78, 5) is 50.5. The maximum absolute atomic E-state index is 13.5. The van der Waals surface area contributed by atoms with E-state index in [4.69, 9.17) is 23.2 Å². The van der Waals surface area contributed by atoms with Crippen LogP contribution in [0.5, 0.6) is 0 Å². The molecule has 1 heterocycles. The second-order valence-corrected chi connectivity index (χ2v) is 9.35. The van der Waals surface area contributed by atoms with Crippen LogP contribution in [0.4, 0.5) is 5.69 Å². The van der Waals surface area contributed by atoms with Crippen molar-refractivity contribution in [1.82, 2.24) is 10.0 Å². The number of hydrazine groups is 1. The van der Waals surface area contributed by atoms with Crippen molar-refractivity contribution in [3.8, 4) is 0 Å². The van der Waals surface area contributed by atoms with Gasteiger partial charge in [-0.1, -0.05) is 36.2 Å². The number of halogens is 2. The van der Waals surface area contributed by atoms with Gasteiger partial charge in [0.2, 0.25) is 0 Å². The molecule has 1 aliphatic carbocycles. The van der Waals surface area contributed by atoms with E-state index in [-0.39, 0.29) is 22.8 Å². The Morgan fingerprint density at radius 3 is 2.36 bits per heavy atom. The molecule has 2 aliphatic rings. The summed E-state index contributed by atoms with van der Waals surface area (Å²) in [7, 11) is 0. The number of carbonyl (C=O) groups excluding carboxylic acids is 3. The summed E-state index contributed by atoms with van der Waals surface area (Å²) >= 11 is 12.1. The van der Waals surface area contributed by atoms with Crippen molar-refractivity contribution in [2.24, 2.45) is 17.8 Å². The van der Waals surface area contributed by atoms with Gasteiger partial charge >= 0.3 is 0 Å². The molecule has 2 fully saturated rings. The summed E-state index contributed by atoms with van der Waals surface area (Å²) in [6.07, 6.45) is 2.04. The Bertz CT molecular complexity index is 1140. The Hall–Kier alpha value is -2.97. The van der Waals surface area contributed by atoms with E-state index in [0.29, 0.717) is 29.3 Å². The van der Waals surface area contributed by atoms with Gasteiger partial charge in [-0.2, -0.15) is 5.01 Å². The highest BCUT2D eigenvalue weighted by atomic mass is 35.5. The lowest BCUT2D eigenvalue weighted by molar-refractivity contribution is -0.384. The number of amides is 3. The number of benzene rings is 2. The Balaban J connectivity index is 1.71. The monoisotopic (exact) mass is 489 g/mol. The van der Waals surface area contributed by atoms with Crippen LogP contribution in [0, 0.1) is 27.9 Å². The van der Waals surface area contributed by atoms with Crippen LogP contribution < -0.4 is 0 Å². The fourth-order valence-electron chi connectivity index (χ4n) is 4.53. The van der Waals surface area contributed by atoms with Gasteiger partial charge in [0.25, 0.3) is 23.4 Å². The van der Waals surface area contributed by atoms with Gasteiger partial charge in [0.15, 0.2) is 0 Å². The number of nitro benzene ring substituents is 1. The third kappa shape index (κ3) is 4.45. The lowest BCUT2D eigenvalue weighted by Gasteiger charge is -2.30. The van der Waals surface area contributed by atoms with Gasteiger partial charge in [0.1, 0.15) is 0 Å². The molecule has 1 saturated carbocycles. The SMILES string of the molecule is C[C@@H]1CC[C@@H]2C(=O)N(N(Cc3ccc(Cl)c(Cl)c3)C(=O)c3ccc([N+](=O)[O-])cc3)C(=O)[C@H]2C1. The number of non-ortho nitro benzene ring substituents is 1. The summed E-state index contributed by atoms with van der Waals surface area (Å²) in [6.45, 7) is 1.95. The van der Waals surface area contributed by atoms with Crippen LogP contribution in [-0.2, 0) is 16.1 Å². The lowest BCUT2D eigenvalue weighted by Crippen LogP contribution is -2.49. The molecule has 0 N–H and O–H groups in total. The Morgan fingerprint density at radius 1 is 1.06 bits per heavy atom. The van der Waals surface area contributed by atoms with Gasteiger partial charge in [0.05, 0.1) is 33.3 Å². The minimum Gasteiger partial charge on any atom is -0.272 e. The average Bonchev–Trinajstić information content (AvgIpc) is 3.03. The molecule has 3 amide bonds. The molecule has 1 saturated heterocycles. The second-order valence-electron chi connectivity index (χ2n) is 8.53.